The predicted octanol–water partition coefficient (Wildman–Crippen LogP) is 4.14. The second-order valence-corrected chi connectivity index (χ2v) is 6.20. The molecule has 0 aliphatic carbocycles. The minimum Gasteiger partial charge on any atom is -0.492 e. The van der Waals surface area contributed by atoms with Crippen LogP contribution < -0.4 is 15.4 Å². The van der Waals surface area contributed by atoms with Crippen molar-refractivity contribution < 1.29 is 9.53 Å². The number of aryl methyl sites for hydroxylation is 3. The lowest BCUT2D eigenvalue weighted by Gasteiger charge is -2.11. The number of rotatable bonds is 6. The third kappa shape index (κ3) is 5.46. The van der Waals surface area contributed by atoms with Crippen LogP contribution in [0.3, 0.4) is 0 Å². The normalized spacial score (nSPS) is 10.3. The number of hydrogen-bond donors (Lipinski definition) is 2. The number of urea groups is 1. The fraction of sp³-hybridized carbons (Fsp3) is 0.316. The van der Waals surface area contributed by atoms with Gasteiger partial charge in [-0.1, -0.05) is 41.4 Å². The van der Waals surface area contributed by atoms with Crippen LogP contribution in [0.25, 0.3) is 0 Å². The van der Waals surface area contributed by atoms with E-state index >= 15 is 0 Å². The average molecular weight is 347 g/mol. The number of hydrogen-bond acceptors (Lipinski definition) is 2. The molecule has 2 aromatic rings. The molecule has 2 N–H and O–H groups in total. The lowest BCUT2D eigenvalue weighted by Crippen LogP contribution is -2.37. The summed E-state index contributed by atoms with van der Waals surface area (Å²) in [5.41, 5.74) is 4.22. The summed E-state index contributed by atoms with van der Waals surface area (Å²) in [5.74, 6) is 0.761. The Kier molecular flexibility index (Phi) is 6.50. The Labute approximate surface area is 148 Å². The van der Waals surface area contributed by atoms with Crippen LogP contribution in [0.1, 0.15) is 22.3 Å². The fourth-order valence-electron chi connectivity index (χ4n) is 2.39. The van der Waals surface area contributed by atoms with Gasteiger partial charge in [0.2, 0.25) is 0 Å². The highest BCUT2D eigenvalue weighted by Gasteiger charge is 2.04. The van der Waals surface area contributed by atoms with E-state index in [4.69, 9.17) is 16.3 Å². The first-order chi connectivity index (χ1) is 11.5. The molecule has 128 valence electrons. The summed E-state index contributed by atoms with van der Waals surface area (Å²) in [6.45, 7) is 7.25. The third-order valence-corrected chi connectivity index (χ3v) is 4.20. The molecular formula is C19H23ClN2O2. The molecule has 2 aromatic carbocycles. The first-order valence-corrected chi connectivity index (χ1v) is 8.30. The number of benzene rings is 2. The van der Waals surface area contributed by atoms with Crippen molar-refractivity contribution in [1.29, 1.82) is 0 Å². The largest absolute Gasteiger partial charge is 0.492 e. The van der Waals surface area contributed by atoms with Crippen LogP contribution in [0, 0.1) is 20.8 Å². The van der Waals surface area contributed by atoms with Gasteiger partial charge in [-0.2, -0.15) is 0 Å². The van der Waals surface area contributed by atoms with Crippen molar-refractivity contribution in [2.45, 2.75) is 27.3 Å². The Hall–Kier alpha value is -2.20. The Balaban J connectivity index is 1.69. The van der Waals surface area contributed by atoms with E-state index < -0.39 is 0 Å². The van der Waals surface area contributed by atoms with Crippen LogP contribution in [-0.2, 0) is 6.54 Å². The summed E-state index contributed by atoms with van der Waals surface area (Å²) in [5, 5.41) is 6.36. The molecular weight excluding hydrogens is 324 g/mol. The Bertz CT molecular complexity index is 693. The van der Waals surface area contributed by atoms with Crippen LogP contribution in [0.15, 0.2) is 36.4 Å². The molecule has 2 rings (SSSR count). The minimum atomic E-state index is -0.205. The van der Waals surface area contributed by atoms with Crippen LogP contribution in [0.5, 0.6) is 5.75 Å². The second kappa shape index (κ2) is 8.60. The third-order valence-electron chi connectivity index (χ3n) is 3.60. The molecule has 0 saturated carbocycles. The molecule has 0 unspecified atom stereocenters. The van der Waals surface area contributed by atoms with Gasteiger partial charge in [-0.15, -0.1) is 0 Å². The van der Waals surface area contributed by atoms with Crippen molar-refractivity contribution in [2.24, 2.45) is 0 Å². The summed E-state index contributed by atoms with van der Waals surface area (Å²) in [6.07, 6.45) is 0. The monoisotopic (exact) mass is 346 g/mol. The summed E-state index contributed by atoms with van der Waals surface area (Å²) >= 11 is 6.13. The standard InChI is InChI=1S/C19H23ClN2O2/c1-13-5-4-6-16(9-13)12-22-19(23)21-7-8-24-17-10-14(2)18(20)15(3)11-17/h4-6,9-11H,7-8,12H2,1-3H3,(H2,21,22,23). The van der Waals surface area contributed by atoms with Crippen LogP contribution >= 0.6 is 11.6 Å². The fourth-order valence-corrected chi connectivity index (χ4v) is 2.50. The van der Waals surface area contributed by atoms with E-state index in [0.717, 1.165) is 27.5 Å². The van der Waals surface area contributed by atoms with Gasteiger partial charge in [-0.3, -0.25) is 0 Å². The zero-order valence-corrected chi connectivity index (χ0v) is 15.0. The maximum atomic E-state index is 11.8. The number of carbonyl (C=O) groups is 1. The van der Waals surface area contributed by atoms with Gasteiger partial charge in [0.15, 0.2) is 0 Å². The predicted molar refractivity (Wildman–Crippen MR) is 97.8 cm³/mol. The second-order valence-electron chi connectivity index (χ2n) is 5.82. The number of nitrogens with one attached hydrogen (secondary N) is 2. The van der Waals surface area contributed by atoms with E-state index in [2.05, 4.69) is 16.7 Å². The molecule has 0 bridgehead atoms. The summed E-state index contributed by atoms with van der Waals surface area (Å²) in [7, 11) is 0. The first-order valence-electron chi connectivity index (χ1n) is 7.92. The van der Waals surface area contributed by atoms with Gasteiger partial charge < -0.3 is 15.4 Å². The highest BCUT2D eigenvalue weighted by atomic mass is 35.5. The van der Waals surface area contributed by atoms with E-state index in [1.54, 1.807) is 0 Å². The highest BCUT2D eigenvalue weighted by Crippen LogP contribution is 2.25. The van der Waals surface area contributed by atoms with E-state index in [1.807, 2.05) is 51.1 Å². The molecule has 0 atom stereocenters. The lowest BCUT2D eigenvalue weighted by atomic mass is 10.1. The van der Waals surface area contributed by atoms with Crippen molar-refractivity contribution in [3.63, 3.8) is 0 Å². The van der Waals surface area contributed by atoms with Crippen molar-refractivity contribution in [3.05, 3.63) is 63.7 Å². The molecule has 2 amide bonds. The summed E-state index contributed by atoms with van der Waals surface area (Å²) in [6, 6.07) is 11.6. The lowest BCUT2D eigenvalue weighted by molar-refractivity contribution is 0.236. The smallest absolute Gasteiger partial charge is 0.315 e. The highest BCUT2D eigenvalue weighted by molar-refractivity contribution is 6.32. The van der Waals surface area contributed by atoms with Gasteiger partial charge in [0.1, 0.15) is 12.4 Å². The maximum absolute atomic E-state index is 11.8. The number of amides is 2. The van der Waals surface area contributed by atoms with Gasteiger partial charge in [0, 0.05) is 11.6 Å². The van der Waals surface area contributed by atoms with Crippen LogP contribution in [-0.4, -0.2) is 19.2 Å². The number of carbonyl (C=O) groups excluding carboxylic acids is 1. The van der Waals surface area contributed by atoms with Crippen molar-refractivity contribution in [3.8, 4) is 5.75 Å². The molecule has 0 aromatic heterocycles. The molecule has 0 heterocycles. The molecule has 24 heavy (non-hydrogen) atoms. The Morgan fingerprint density at radius 3 is 2.46 bits per heavy atom. The van der Waals surface area contributed by atoms with Gasteiger partial charge >= 0.3 is 6.03 Å². The molecule has 0 aliphatic rings. The molecule has 4 nitrogen and oxygen atoms in total. The molecule has 0 spiro atoms. The SMILES string of the molecule is Cc1cccc(CNC(=O)NCCOc2cc(C)c(Cl)c(C)c2)c1. The molecule has 0 aliphatic heterocycles. The summed E-state index contributed by atoms with van der Waals surface area (Å²) < 4.78 is 5.65. The van der Waals surface area contributed by atoms with Gasteiger partial charge in [-0.05, 0) is 49.6 Å². The van der Waals surface area contributed by atoms with E-state index in [9.17, 15) is 4.79 Å². The van der Waals surface area contributed by atoms with Crippen LogP contribution in [0.4, 0.5) is 4.79 Å². The number of halogens is 1. The van der Waals surface area contributed by atoms with Crippen molar-refractivity contribution >= 4 is 17.6 Å². The van der Waals surface area contributed by atoms with Gasteiger partial charge in [0.25, 0.3) is 0 Å². The van der Waals surface area contributed by atoms with E-state index in [-0.39, 0.29) is 6.03 Å². The zero-order valence-electron chi connectivity index (χ0n) is 14.3. The molecule has 0 fully saturated rings. The van der Waals surface area contributed by atoms with E-state index in [0.29, 0.717) is 19.7 Å². The maximum Gasteiger partial charge on any atom is 0.315 e. The Morgan fingerprint density at radius 2 is 1.79 bits per heavy atom. The molecule has 0 radical (unpaired) electrons. The zero-order chi connectivity index (χ0) is 17.5. The van der Waals surface area contributed by atoms with Crippen LogP contribution in [0.2, 0.25) is 5.02 Å². The van der Waals surface area contributed by atoms with E-state index in [1.165, 1.54) is 5.56 Å². The summed E-state index contributed by atoms with van der Waals surface area (Å²) in [4.78, 5) is 11.8. The van der Waals surface area contributed by atoms with Gasteiger partial charge in [0.05, 0.1) is 6.54 Å². The van der Waals surface area contributed by atoms with Crippen molar-refractivity contribution in [2.75, 3.05) is 13.2 Å². The average Bonchev–Trinajstić information content (AvgIpc) is 2.54. The number of ether oxygens (including phenoxy) is 1. The Morgan fingerprint density at radius 1 is 1.08 bits per heavy atom. The topological polar surface area (TPSA) is 50.4 Å². The van der Waals surface area contributed by atoms with Gasteiger partial charge in [-0.25, -0.2) is 4.79 Å². The quantitative estimate of drug-likeness (QED) is 0.772. The minimum absolute atomic E-state index is 0.205. The molecule has 0 saturated heterocycles. The molecule has 5 heteroatoms. The first kappa shape index (κ1) is 18.1. The van der Waals surface area contributed by atoms with Crippen molar-refractivity contribution in [1.82, 2.24) is 10.6 Å².